The van der Waals surface area contributed by atoms with E-state index in [1.54, 1.807) is 0 Å². The van der Waals surface area contributed by atoms with Crippen LogP contribution in [0.15, 0.2) is 0 Å². The normalized spacial score (nSPS) is 42.0. The standard InChI is InChI=1S/C12H24O/c1-8-7-9(2)13-11(10(8)3)12(4,5)6/h8-11H,7H2,1-6H3/t8?,9?,10?,11-/m1/s1. The van der Waals surface area contributed by atoms with Crippen LogP contribution in [0, 0.1) is 17.3 Å². The molecule has 3 unspecified atom stereocenters. The van der Waals surface area contributed by atoms with Gasteiger partial charge in [-0.3, -0.25) is 0 Å². The Morgan fingerprint density at radius 1 is 1.08 bits per heavy atom. The van der Waals surface area contributed by atoms with Crippen molar-refractivity contribution in [3.05, 3.63) is 0 Å². The number of hydrogen-bond acceptors (Lipinski definition) is 1. The lowest BCUT2D eigenvalue weighted by atomic mass is 9.73. The highest BCUT2D eigenvalue weighted by atomic mass is 16.5. The zero-order valence-corrected chi connectivity index (χ0v) is 9.92. The van der Waals surface area contributed by atoms with Gasteiger partial charge in [0.2, 0.25) is 0 Å². The first kappa shape index (κ1) is 11.0. The fourth-order valence-corrected chi connectivity index (χ4v) is 2.46. The summed E-state index contributed by atoms with van der Waals surface area (Å²) < 4.78 is 6.03. The minimum atomic E-state index is 0.280. The van der Waals surface area contributed by atoms with E-state index in [1.165, 1.54) is 6.42 Å². The maximum atomic E-state index is 6.03. The molecule has 1 aliphatic heterocycles. The van der Waals surface area contributed by atoms with Crippen LogP contribution in [0.25, 0.3) is 0 Å². The van der Waals surface area contributed by atoms with E-state index < -0.39 is 0 Å². The van der Waals surface area contributed by atoms with Crippen molar-refractivity contribution in [1.29, 1.82) is 0 Å². The number of hydrogen-bond donors (Lipinski definition) is 0. The molecule has 0 aromatic carbocycles. The van der Waals surface area contributed by atoms with Gasteiger partial charge in [0.1, 0.15) is 0 Å². The zero-order chi connectivity index (χ0) is 10.2. The molecule has 1 heteroatoms. The fourth-order valence-electron chi connectivity index (χ4n) is 2.46. The summed E-state index contributed by atoms with van der Waals surface area (Å²) in [6, 6.07) is 0. The molecule has 1 nitrogen and oxygen atoms in total. The van der Waals surface area contributed by atoms with Crippen molar-refractivity contribution in [2.75, 3.05) is 0 Å². The van der Waals surface area contributed by atoms with Crippen LogP contribution in [0.4, 0.5) is 0 Å². The van der Waals surface area contributed by atoms with E-state index in [-0.39, 0.29) is 5.41 Å². The molecular formula is C12H24O. The molecule has 0 amide bonds. The molecule has 1 saturated heterocycles. The molecule has 1 fully saturated rings. The van der Waals surface area contributed by atoms with Gasteiger partial charge in [0.15, 0.2) is 0 Å². The van der Waals surface area contributed by atoms with Crippen molar-refractivity contribution in [3.63, 3.8) is 0 Å². The molecule has 0 bridgehead atoms. The molecular weight excluding hydrogens is 160 g/mol. The van der Waals surface area contributed by atoms with Gasteiger partial charge in [0, 0.05) is 0 Å². The number of ether oxygens (including phenoxy) is 1. The van der Waals surface area contributed by atoms with Crippen LogP contribution >= 0.6 is 0 Å². The predicted octanol–water partition coefficient (Wildman–Crippen LogP) is 3.48. The highest BCUT2D eigenvalue weighted by molar-refractivity contribution is 4.86. The van der Waals surface area contributed by atoms with Gasteiger partial charge in [-0.2, -0.15) is 0 Å². The summed E-state index contributed by atoms with van der Waals surface area (Å²) in [5.41, 5.74) is 0.280. The van der Waals surface area contributed by atoms with E-state index >= 15 is 0 Å². The third kappa shape index (κ3) is 2.46. The van der Waals surface area contributed by atoms with Crippen LogP contribution in [-0.4, -0.2) is 12.2 Å². The van der Waals surface area contributed by atoms with Crippen LogP contribution in [0.1, 0.15) is 48.0 Å². The quantitative estimate of drug-likeness (QED) is 0.560. The zero-order valence-electron chi connectivity index (χ0n) is 9.92. The second-order valence-corrected chi connectivity index (χ2v) is 5.81. The van der Waals surface area contributed by atoms with Gasteiger partial charge in [0.25, 0.3) is 0 Å². The van der Waals surface area contributed by atoms with Gasteiger partial charge >= 0.3 is 0 Å². The van der Waals surface area contributed by atoms with Crippen molar-refractivity contribution in [3.8, 4) is 0 Å². The molecule has 1 aliphatic rings. The third-order valence-electron chi connectivity index (χ3n) is 3.31. The first-order valence-corrected chi connectivity index (χ1v) is 5.48. The summed E-state index contributed by atoms with van der Waals surface area (Å²) >= 11 is 0. The SMILES string of the molecule is CC1CC(C)C(C)[C@H](C(C)(C)C)O1. The average Bonchev–Trinajstić information content (AvgIpc) is 1.94. The lowest BCUT2D eigenvalue weighted by molar-refractivity contribution is -0.138. The van der Waals surface area contributed by atoms with E-state index in [0.717, 1.165) is 5.92 Å². The van der Waals surface area contributed by atoms with E-state index in [9.17, 15) is 0 Å². The van der Waals surface area contributed by atoms with Crippen LogP contribution < -0.4 is 0 Å². The average molecular weight is 184 g/mol. The molecule has 0 aliphatic carbocycles. The fraction of sp³-hybridized carbons (Fsp3) is 1.00. The Bertz CT molecular complexity index is 168. The summed E-state index contributed by atoms with van der Waals surface area (Å²) in [4.78, 5) is 0. The minimum Gasteiger partial charge on any atom is -0.374 e. The van der Waals surface area contributed by atoms with E-state index in [2.05, 4.69) is 41.5 Å². The number of rotatable bonds is 0. The predicted molar refractivity (Wildman–Crippen MR) is 56.7 cm³/mol. The van der Waals surface area contributed by atoms with Crippen molar-refractivity contribution in [2.45, 2.75) is 60.2 Å². The summed E-state index contributed by atoms with van der Waals surface area (Å²) in [6.45, 7) is 13.7. The Morgan fingerprint density at radius 2 is 1.62 bits per heavy atom. The molecule has 0 radical (unpaired) electrons. The van der Waals surface area contributed by atoms with Crippen LogP contribution in [0.2, 0.25) is 0 Å². The summed E-state index contributed by atoms with van der Waals surface area (Å²) in [5, 5.41) is 0. The van der Waals surface area contributed by atoms with Crippen molar-refractivity contribution in [1.82, 2.24) is 0 Å². The van der Waals surface area contributed by atoms with E-state index in [4.69, 9.17) is 4.74 Å². The molecule has 0 N–H and O–H groups in total. The smallest absolute Gasteiger partial charge is 0.0655 e. The lowest BCUT2D eigenvalue weighted by Gasteiger charge is -2.44. The first-order chi connectivity index (χ1) is 5.82. The monoisotopic (exact) mass is 184 g/mol. The van der Waals surface area contributed by atoms with Gasteiger partial charge in [0.05, 0.1) is 12.2 Å². The molecule has 13 heavy (non-hydrogen) atoms. The molecule has 1 rings (SSSR count). The van der Waals surface area contributed by atoms with E-state index in [1.807, 2.05) is 0 Å². The Morgan fingerprint density at radius 3 is 2.08 bits per heavy atom. The van der Waals surface area contributed by atoms with E-state index in [0.29, 0.717) is 18.1 Å². The molecule has 0 aromatic heterocycles. The second-order valence-electron chi connectivity index (χ2n) is 5.81. The highest BCUT2D eigenvalue weighted by Crippen LogP contribution is 2.38. The van der Waals surface area contributed by atoms with Gasteiger partial charge in [-0.1, -0.05) is 34.6 Å². The van der Waals surface area contributed by atoms with Gasteiger partial charge in [-0.25, -0.2) is 0 Å². The Labute approximate surface area is 82.9 Å². The third-order valence-corrected chi connectivity index (χ3v) is 3.31. The van der Waals surface area contributed by atoms with Crippen LogP contribution in [-0.2, 0) is 4.74 Å². The molecule has 0 spiro atoms. The van der Waals surface area contributed by atoms with Gasteiger partial charge in [-0.05, 0) is 30.6 Å². The molecule has 1 heterocycles. The topological polar surface area (TPSA) is 9.23 Å². The Hall–Kier alpha value is -0.0400. The maximum absolute atomic E-state index is 6.03. The highest BCUT2D eigenvalue weighted by Gasteiger charge is 2.38. The van der Waals surface area contributed by atoms with Crippen molar-refractivity contribution in [2.24, 2.45) is 17.3 Å². The summed E-state index contributed by atoms with van der Waals surface area (Å²) in [6.07, 6.45) is 2.08. The second kappa shape index (κ2) is 3.61. The lowest BCUT2D eigenvalue weighted by Crippen LogP contribution is -2.45. The van der Waals surface area contributed by atoms with Crippen molar-refractivity contribution >= 4 is 0 Å². The van der Waals surface area contributed by atoms with Crippen LogP contribution in [0.3, 0.4) is 0 Å². The molecule has 0 aromatic rings. The molecule has 0 saturated carbocycles. The van der Waals surface area contributed by atoms with Gasteiger partial charge in [-0.15, -0.1) is 0 Å². The Balaban J connectivity index is 2.72. The summed E-state index contributed by atoms with van der Waals surface area (Å²) in [7, 11) is 0. The largest absolute Gasteiger partial charge is 0.374 e. The molecule has 4 atom stereocenters. The minimum absolute atomic E-state index is 0.280. The van der Waals surface area contributed by atoms with Crippen LogP contribution in [0.5, 0.6) is 0 Å². The Kier molecular flexibility index (Phi) is 3.06. The van der Waals surface area contributed by atoms with Gasteiger partial charge < -0.3 is 4.74 Å². The maximum Gasteiger partial charge on any atom is 0.0655 e. The summed E-state index contributed by atoms with van der Waals surface area (Å²) in [5.74, 6) is 1.49. The molecule has 78 valence electrons. The van der Waals surface area contributed by atoms with Crippen molar-refractivity contribution < 1.29 is 4.74 Å². The first-order valence-electron chi connectivity index (χ1n) is 5.48.